The van der Waals surface area contributed by atoms with E-state index in [9.17, 15) is 23.5 Å². The number of aryl methyl sites for hydroxylation is 1. The van der Waals surface area contributed by atoms with Crippen molar-refractivity contribution in [1.82, 2.24) is 10.2 Å². The van der Waals surface area contributed by atoms with Gasteiger partial charge in [0.05, 0.1) is 31.5 Å². The molecular weight excluding hydrogens is 542 g/mol. The number of nitrogens with one attached hydrogen (secondary N) is 1. The number of rotatable bonds is 12. The van der Waals surface area contributed by atoms with Gasteiger partial charge in [0.15, 0.2) is 0 Å². The monoisotopic (exact) mass is 586 g/mol. The van der Waals surface area contributed by atoms with E-state index in [2.05, 4.69) is 11.9 Å². The first-order valence-electron chi connectivity index (χ1n) is 14.8. The van der Waals surface area contributed by atoms with Crippen LogP contribution >= 0.6 is 0 Å². The molecule has 1 saturated heterocycles. The Morgan fingerprint density at radius 1 is 1.07 bits per heavy atom. The average molecular weight is 587 g/mol. The van der Waals surface area contributed by atoms with Crippen molar-refractivity contribution >= 4 is 11.8 Å². The molecule has 230 valence electrons. The summed E-state index contributed by atoms with van der Waals surface area (Å²) in [6.07, 6.45) is 3.16. The van der Waals surface area contributed by atoms with Gasteiger partial charge >= 0.3 is 0 Å². The van der Waals surface area contributed by atoms with E-state index in [1.807, 2.05) is 20.8 Å². The summed E-state index contributed by atoms with van der Waals surface area (Å²) in [4.78, 5) is 28.7. The van der Waals surface area contributed by atoms with Crippen LogP contribution in [-0.4, -0.2) is 73.0 Å². The molecule has 9 heteroatoms. The van der Waals surface area contributed by atoms with Crippen LogP contribution in [-0.2, 0) is 15.9 Å². The summed E-state index contributed by atoms with van der Waals surface area (Å²) < 4.78 is 39.6. The topological polar surface area (TPSA) is 88.1 Å². The summed E-state index contributed by atoms with van der Waals surface area (Å²) >= 11 is 0. The van der Waals surface area contributed by atoms with Gasteiger partial charge in [-0.05, 0) is 80.5 Å². The molecular formula is C33H44F2N2O5. The molecule has 0 aromatic heterocycles. The van der Waals surface area contributed by atoms with Crippen LogP contribution in [0.1, 0.15) is 71.4 Å². The molecule has 3 rings (SSSR count). The maximum atomic E-state index is 14.0. The molecule has 1 heterocycles. The zero-order chi connectivity index (χ0) is 30.6. The summed E-state index contributed by atoms with van der Waals surface area (Å²) in [5.41, 5.74) is 1.71. The molecule has 0 radical (unpaired) electrons. The number of halogens is 2. The van der Waals surface area contributed by atoms with Crippen LogP contribution in [0.2, 0.25) is 0 Å². The van der Waals surface area contributed by atoms with Gasteiger partial charge in [-0.15, -0.1) is 6.58 Å². The van der Waals surface area contributed by atoms with Crippen LogP contribution in [0.4, 0.5) is 8.78 Å². The Labute approximate surface area is 247 Å². The fourth-order valence-electron chi connectivity index (χ4n) is 5.35. The van der Waals surface area contributed by atoms with Crippen LogP contribution in [0.25, 0.3) is 0 Å². The van der Waals surface area contributed by atoms with E-state index in [4.69, 9.17) is 9.47 Å². The minimum absolute atomic E-state index is 0.0117. The molecule has 0 aliphatic carbocycles. The highest BCUT2D eigenvalue weighted by Gasteiger charge is 2.31. The standard InChI is InChI=1S/C33H44F2N2O5/c1-5-10-37(11-6-2)33(40)26-14-22(4)13-25(18-26)32(39)36-30(17-23-15-27(34)19-28(35)16-23)31(38)24-9-8-12-42-29(7-3)21-41-20-24/h7,13-16,18-19,24,29-31,38H,3,5-6,8-12,17,20-21H2,1-2,4H3,(H,36,39)/t24-,29?,30-,31-/m0/s1. The van der Waals surface area contributed by atoms with Crippen LogP contribution in [0, 0.1) is 24.5 Å². The second kappa shape index (κ2) is 16.5. The lowest BCUT2D eigenvalue weighted by Crippen LogP contribution is -2.49. The second-order valence-electron chi connectivity index (χ2n) is 11.0. The van der Waals surface area contributed by atoms with E-state index in [1.54, 1.807) is 29.2 Å². The fraction of sp³-hybridized carbons (Fsp3) is 0.515. The third-order valence-electron chi connectivity index (χ3n) is 7.38. The molecule has 1 unspecified atom stereocenters. The van der Waals surface area contributed by atoms with Crippen molar-refractivity contribution in [2.45, 2.75) is 71.1 Å². The number of amides is 2. The van der Waals surface area contributed by atoms with Crippen molar-refractivity contribution in [3.63, 3.8) is 0 Å². The highest BCUT2D eigenvalue weighted by molar-refractivity contribution is 6.00. The highest BCUT2D eigenvalue weighted by atomic mass is 19.1. The second-order valence-corrected chi connectivity index (χ2v) is 11.0. The normalized spacial score (nSPS) is 19.1. The molecule has 0 bridgehead atoms. The summed E-state index contributed by atoms with van der Waals surface area (Å²) in [5, 5.41) is 14.4. The van der Waals surface area contributed by atoms with Gasteiger partial charge in [-0.1, -0.05) is 19.9 Å². The summed E-state index contributed by atoms with van der Waals surface area (Å²) in [5.74, 6) is -2.49. The minimum atomic E-state index is -1.09. The Bertz CT molecular complexity index is 1180. The molecule has 1 aliphatic rings. The Balaban J connectivity index is 1.88. The third kappa shape index (κ3) is 9.71. The van der Waals surface area contributed by atoms with Crippen LogP contribution in [0.5, 0.6) is 0 Å². The average Bonchev–Trinajstić information content (AvgIpc) is 3.07. The highest BCUT2D eigenvalue weighted by Crippen LogP contribution is 2.22. The Hall–Kier alpha value is -3.14. The molecule has 42 heavy (non-hydrogen) atoms. The van der Waals surface area contributed by atoms with E-state index >= 15 is 0 Å². The van der Waals surface area contributed by atoms with Gasteiger partial charge in [-0.3, -0.25) is 9.59 Å². The molecule has 1 fully saturated rings. The van der Waals surface area contributed by atoms with Gasteiger partial charge in [-0.2, -0.15) is 0 Å². The molecule has 2 aromatic rings. The van der Waals surface area contributed by atoms with Crippen LogP contribution in [0.15, 0.2) is 49.1 Å². The van der Waals surface area contributed by atoms with E-state index in [-0.39, 0.29) is 43.1 Å². The zero-order valence-electron chi connectivity index (χ0n) is 24.9. The van der Waals surface area contributed by atoms with Gasteiger partial charge in [0.2, 0.25) is 0 Å². The lowest BCUT2D eigenvalue weighted by atomic mass is 9.88. The minimum Gasteiger partial charge on any atom is -0.391 e. The van der Waals surface area contributed by atoms with Gasteiger partial charge in [0, 0.05) is 42.8 Å². The molecule has 4 atom stereocenters. The maximum Gasteiger partial charge on any atom is 0.253 e. The number of hydrogen-bond donors (Lipinski definition) is 2. The quantitative estimate of drug-likeness (QED) is 0.333. The van der Waals surface area contributed by atoms with Crippen LogP contribution in [0.3, 0.4) is 0 Å². The van der Waals surface area contributed by atoms with Crippen molar-refractivity contribution in [2.75, 3.05) is 32.9 Å². The number of aliphatic hydroxyl groups excluding tert-OH is 1. The predicted octanol–water partition coefficient (Wildman–Crippen LogP) is 5.24. The summed E-state index contributed by atoms with van der Waals surface area (Å²) in [6, 6.07) is 7.27. The zero-order valence-corrected chi connectivity index (χ0v) is 24.9. The van der Waals surface area contributed by atoms with E-state index in [1.165, 1.54) is 12.1 Å². The van der Waals surface area contributed by atoms with Crippen molar-refractivity contribution in [2.24, 2.45) is 5.92 Å². The lowest BCUT2D eigenvalue weighted by molar-refractivity contribution is -0.0133. The van der Waals surface area contributed by atoms with Gasteiger partial charge < -0.3 is 24.8 Å². The number of carbonyl (C=O) groups excluding carboxylic acids is 2. The molecule has 0 spiro atoms. The SMILES string of the molecule is C=CC1COC[C@@H]([C@H](O)[C@H](Cc2cc(F)cc(F)c2)NC(=O)c2cc(C)cc(C(=O)N(CCC)CCC)c2)CCCO1. The Kier molecular flexibility index (Phi) is 13.1. The molecule has 2 aromatic carbocycles. The molecule has 0 saturated carbocycles. The van der Waals surface area contributed by atoms with E-state index < -0.39 is 29.7 Å². The summed E-state index contributed by atoms with van der Waals surface area (Å²) in [7, 11) is 0. The van der Waals surface area contributed by atoms with E-state index in [0.29, 0.717) is 43.7 Å². The van der Waals surface area contributed by atoms with Gasteiger partial charge in [0.1, 0.15) is 11.6 Å². The van der Waals surface area contributed by atoms with Crippen molar-refractivity contribution in [3.8, 4) is 0 Å². The molecule has 2 amide bonds. The first kappa shape index (κ1) is 33.4. The summed E-state index contributed by atoms with van der Waals surface area (Å²) in [6.45, 7) is 11.8. The fourth-order valence-corrected chi connectivity index (χ4v) is 5.35. The first-order chi connectivity index (χ1) is 20.1. The molecule has 2 N–H and O–H groups in total. The first-order valence-corrected chi connectivity index (χ1v) is 14.8. The Morgan fingerprint density at radius 3 is 2.38 bits per heavy atom. The number of carbonyl (C=O) groups is 2. The molecule has 7 nitrogen and oxygen atoms in total. The van der Waals surface area contributed by atoms with Gasteiger partial charge in [-0.25, -0.2) is 8.78 Å². The van der Waals surface area contributed by atoms with Crippen LogP contribution < -0.4 is 5.32 Å². The molecule has 1 aliphatic heterocycles. The lowest BCUT2D eigenvalue weighted by Gasteiger charge is -2.31. The number of aliphatic hydroxyl groups is 1. The largest absolute Gasteiger partial charge is 0.391 e. The predicted molar refractivity (Wildman–Crippen MR) is 158 cm³/mol. The number of ether oxygens (including phenoxy) is 2. The Morgan fingerprint density at radius 2 is 1.74 bits per heavy atom. The number of hydrogen-bond acceptors (Lipinski definition) is 5. The number of benzene rings is 2. The van der Waals surface area contributed by atoms with Crippen molar-refractivity contribution < 1.29 is 33.0 Å². The van der Waals surface area contributed by atoms with Crippen molar-refractivity contribution in [1.29, 1.82) is 0 Å². The number of nitrogens with zero attached hydrogens (tertiary/aromatic N) is 1. The maximum absolute atomic E-state index is 14.0. The van der Waals surface area contributed by atoms with Gasteiger partial charge in [0.25, 0.3) is 11.8 Å². The third-order valence-corrected chi connectivity index (χ3v) is 7.38. The van der Waals surface area contributed by atoms with Crippen molar-refractivity contribution in [3.05, 3.63) is 82.9 Å². The van der Waals surface area contributed by atoms with E-state index in [0.717, 1.165) is 24.5 Å². The smallest absolute Gasteiger partial charge is 0.253 e.